The number of rotatable bonds is 8. The molecule has 2 unspecified atom stereocenters. The molecule has 1 aliphatic rings. The zero-order chi connectivity index (χ0) is 15.8. The van der Waals surface area contributed by atoms with E-state index < -0.39 is 6.10 Å². The Hall–Kier alpha value is -0.650. The van der Waals surface area contributed by atoms with Gasteiger partial charge in [0.2, 0.25) is 0 Å². The van der Waals surface area contributed by atoms with Gasteiger partial charge in [-0.25, -0.2) is 0 Å². The summed E-state index contributed by atoms with van der Waals surface area (Å²) in [7, 11) is 0. The van der Waals surface area contributed by atoms with Gasteiger partial charge in [0, 0.05) is 30.8 Å². The molecule has 2 rings (SSSR count). The number of aliphatic hydroxyl groups is 1. The first-order valence-electron chi connectivity index (χ1n) is 8.05. The van der Waals surface area contributed by atoms with Gasteiger partial charge in [0.1, 0.15) is 0 Å². The molecule has 0 amide bonds. The Kier molecular flexibility index (Phi) is 7.63. The van der Waals surface area contributed by atoms with Crippen LogP contribution in [0.4, 0.5) is 0 Å². The van der Waals surface area contributed by atoms with Crippen molar-refractivity contribution in [1.82, 2.24) is 5.32 Å². The fraction of sp³-hybridized carbons (Fsp3) is 0.647. The van der Waals surface area contributed by atoms with E-state index in [1.807, 2.05) is 24.3 Å². The van der Waals surface area contributed by atoms with Crippen LogP contribution in [-0.2, 0) is 9.47 Å². The third-order valence-electron chi connectivity index (χ3n) is 3.97. The molecular formula is C17H26ClNO3. The molecule has 5 heteroatoms. The number of halogens is 1. The maximum atomic E-state index is 10.1. The topological polar surface area (TPSA) is 50.7 Å². The predicted molar refractivity (Wildman–Crippen MR) is 88.3 cm³/mol. The van der Waals surface area contributed by atoms with Gasteiger partial charge in [-0.1, -0.05) is 30.7 Å². The predicted octanol–water partition coefficient (Wildman–Crippen LogP) is 2.94. The molecule has 0 aromatic heterocycles. The third kappa shape index (κ3) is 5.86. The third-order valence-corrected chi connectivity index (χ3v) is 4.23. The molecule has 1 aromatic rings. The molecule has 1 saturated heterocycles. The molecule has 0 aliphatic carbocycles. The summed E-state index contributed by atoms with van der Waals surface area (Å²) < 4.78 is 11.0. The second-order valence-electron chi connectivity index (χ2n) is 5.72. The average Bonchev–Trinajstić information content (AvgIpc) is 2.56. The Labute approximate surface area is 137 Å². The standard InChI is InChI=1S/C17H26ClNO3/c1-2-17(13-3-5-14(18)6-4-13)19-11-15(20)12-22-16-7-9-21-10-8-16/h3-6,15-17,19-20H,2,7-12H2,1H3. The van der Waals surface area contributed by atoms with Gasteiger partial charge in [-0.3, -0.25) is 0 Å². The molecule has 22 heavy (non-hydrogen) atoms. The summed E-state index contributed by atoms with van der Waals surface area (Å²) in [5, 5.41) is 14.2. The summed E-state index contributed by atoms with van der Waals surface area (Å²) in [6.07, 6.45) is 2.52. The van der Waals surface area contributed by atoms with E-state index in [2.05, 4.69) is 12.2 Å². The van der Waals surface area contributed by atoms with Crippen LogP contribution < -0.4 is 5.32 Å². The molecule has 2 atom stereocenters. The van der Waals surface area contributed by atoms with Crippen molar-refractivity contribution < 1.29 is 14.6 Å². The molecule has 1 aromatic carbocycles. The number of ether oxygens (including phenoxy) is 2. The minimum absolute atomic E-state index is 0.218. The highest BCUT2D eigenvalue weighted by Gasteiger charge is 2.17. The number of hydrogen-bond acceptors (Lipinski definition) is 4. The molecule has 124 valence electrons. The van der Waals surface area contributed by atoms with E-state index in [-0.39, 0.29) is 12.1 Å². The van der Waals surface area contributed by atoms with Gasteiger partial charge in [-0.2, -0.15) is 0 Å². The maximum Gasteiger partial charge on any atom is 0.0898 e. The van der Waals surface area contributed by atoms with Crippen molar-refractivity contribution in [2.24, 2.45) is 0 Å². The van der Waals surface area contributed by atoms with Crippen LogP contribution in [0.1, 0.15) is 37.8 Å². The molecular weight excluding hydrogens is 302 g/mol. The van der Waals surface area contributed by atoms with E-state index in [4.69, 9.17) is 21.1 Å². The van der Waals surface area contributed by atoms with Crippen molar-refractivity contribution in [3.8, 4) is 0 Å². The lowest BCUT2D eigenvalue weighted by atomic mass is 10.0. The van der Waals surface area contributed by atoms with Crippen molar-refractivity contribution in [3.05, 3.63) is 34.9 Å². The summed E-state index contributed by atoms with van der Waals surface area (Å²) in [6.45, 7) is 4.53. The van der Waals surface area contributed by atoms with E-state index in [0.717, 1.165) is 37.5 Å². The molecule has 0 bridgehead atoms. The molecule has 0 radical (unpaired) electrons. The molecule has 2 N–H and O–H groups in total. The van der Waals surface area contributed by atoms with E-state index in [1.54, 1.807) is 0 Å². The highest BCUT2D eigenvalue weighted by molar-refractivity contribution is 6.30. The van der Waals surface area contributed by atoms with Crippen molar-refractivity contribution in [2.45, 2.75) is 44.4 Å². The number of benzene rings is 1. The van der Waals surface area contributed by atoms with Gasteiger partial charge < -0.3 is 19.9 Å². The summed E-state index contributed by atoms with van der Waals surface area (Å²) in [6, 6.07) is 8.05. The Morgan fingerprint density at radius 3 is 2.64 bits per heavy atom. The summed E-state index contributed by atoms with van der Waals surface area (Å²) >= 11 is 5.92. The second-order valence-corrected chi connectivity index (χ2v) is 6.16. The van der Waals surface area contributed by atoms with Crippen LogP contribution >= 0.6 is 11.6 Å². The van der Waals surface area contributed by atoms with E-state index in [9.17, 15) is 5.11 Å². The van der Waals surface area contributed by atoms with E-state index >= 15 is 0 Å². The largest absolute Gasteiger partial charge is 0.389 e. The van der Waals surface area contributed by atoms with Crippen molar-refractivity contribution in [1.29, 1.82) is 0 Å². The summed E-state index contributed by atoms with van der Waals surface area (Å²) in [4.78, 5) is 0. The molecule has 1 fully saturated rings. The van der Waals surface area contributed by atoms with Crippen LogP contribution in [0.2, 0.25) is 5.02 Å². The first kappa shape index (κ1) is 17.7. The first-order chi connectivity index (χ1) is 10.7. The molecule has 0 saturated carbocycles. The van der Waals surface area contributed by atoms with Crippen molar-refractivity contribution in [2.75, 3.05) is 26.4 Å². The second kappa shape index (κ2) is 9.48. The Balaban J connectivity index is 1.71. The summed E-state index contributed by atoms with van der Waals surface area (Å²) in [5.41, 5.74) is 1.18. The smallest absolute Gasteiger partial charge is 0.0898 e. The van der Waals surface area contributed by atoms with Gasteiger partial charge in [-0.05, 0) is 37.0 Å². The minimum Gasteiger partial charge on any atom is -0.389 e. The molecule has 1 heterocycles. The molecule has 4 nitrogen and oxygen atoms in total. The van der Waals surface area contributed by atoms with Gasteiger partial charge in [-0.15, -0.1) is 0 Å². The van der Waals surface area contributed by atoms with Crippen molar-refractivity contribution in [3.63, 3.8) is 0 Å². The number of nitrogens with one attached hydrogen (secondary N) is 1. The van der Waals surface area contributed by atoms with Gasteiger partial charge in [0.25, 0.3) is 0 Å². The Bertz CT molecular complexity index is 420. The zero-order valence-corrected chi connectivity index (χ0v) is 13.9. The van der Waals surface area contributed by atoms with Gasteiger partial charge in [0.15, 0.2) is 0 Å². The average molecular weight is 328 g/mol. The number of hydrogen-bond donors (Lipinski definition) is 2. The highest BCUT2D eigenvalue weighted by Crippen LogP contribution is 2.19. The minimum atomic E-state index is -0.496. The van der Waals surface area contributed by atoms with Crippen LogP contribution in [0.5, 0.6) is 0 Å². The van der Waals surface area contributed by atoms with E-state index in [0.29, 0.717) is 13.2 Å². The lowest BCUT2D eigenvalue weighted by molar-refractivity contribution is -0.0588. The lowest BCUT2D eigenvalue weighted by Gasteiger charge is -2.25. The fourth-order valence-electron chi connectivity index (χ4n) is 2.62. The van der Waals surface area contributed by atoms with Gasteiger partial charge in [0.05, 0.1) is 18.8 Å². The van der Waals surface area contributed by atoms with Crippen LogP contribution in [0.3, 0.4) is 0 Å². The van der Waals surface area contributed by atoms with Gasteiger partial charge >= 0.3 is 0 Å². The van der Waals surface area contributed by atoms with E-state index in [1.165, 1.54) is 5.56 Å². The molecule has 0 spiro atoms. The molecule has 1 aliphatic heterocycles. The lowest BCUT2D eigenvalue weighted by Crippen LogP contribution is -2.35. The van der Waals surface area contributed by atoms with Crippen molar-refractivity contribution >= 4 is 11.6 Å². The fourth-order valence-corrected chi connectivity index (χ4v) is 2.75. The van der Waals surface area contributed by atoms with Crippen LogP contribution in [0.15, 0.2) is 24.3 Å². The zero-order valence-electron chi connectivity index (χ0n) is 13.1. The maximum absolute atomic E-state index is 10.1. The SMILES string of the molecule is CCC(NCC(O)COC1CCOCC1)c1ccc(Cl)cc1. The summed E-state index contributed by atoms with van der Waals surface area (Å²) in [5.74, 6) is 0. The number of aliphatic hydroxyl groups excluding tert-OH is 1. The Morgan fingerprint density at radius 1 is 1.32 bits per heavy atom. The van der Waals surface area contributed by atoms with Crippen LogP contribution in [-0.4, -0.2) is 43.7 Å². The first-order valence-corrected chi connectivity index (χ1v) is 8.43. The monoisotopic (exact) mass is 327 g/mol. The van der Waals surface area contributed by atoms with Crippen LogP contribution in [0.25, 0.3) is 0 Å². The normalized spacial score (nSPS) is 19.0. The van der Waals surface area contributed by atoms with Crippen LogP contribution in [0, 0.1) is 0 Å². The Morgan fingerprint density at radius 2 is 2.00 bits per heavy atom. The highest BCUT2D eigenvalue weighted by atomic mass is 35.5. The quantitative estimate of drug-likeness (QED) is 0.771.